The molecule has 5 nitrogen and oxygen atoms in total. The van der Waals surface area contributed by atoms with Crippen LogP contribution >= 0.6 is 24.0 Å². The number of aliphatic imine (C=N–C) groups is 1. The summed E-state index contributed by atoms with van der Waals surface area (Å²) in [5.74, 6) is 0.935. The molecule has 1 fully saturated rings. The van der Waals surface area contributed by atoms with E-state index in [1.807, 2.05) is 0 Å². The molecule has 0 saturated carbocycles. The van der Waals surface area contributed by atoms with Gasteiger partial charge in [-0.2, -0.15) is 0 Å². The minimum atomic E-state index is 0. The number of hydrogen-bond donors (Lipinski definition) is 1. The minimum absolute atomic E-state index is 0. The molecular weight excluding hydrogens is 367 g/mol. The van der Waals surface area contributed by atoms with Crippen molar-refractivity contribution in [3.63, 3.8) is 0 Å². The summed E-state index contributed by atoms with van der Waals surface area (Å²) in [6.07, 6.45) is 4.77. The molecule has 1 atom stereocenters. The molecule has 0 radical (unpaired) electrons. The summed E-state index contributed by atoms with van der Waals surface area (Å²) >= 11 is 0. The number of guanidine groups is 1. The Morgan fingerprint density at radius 1 is 1.30 bits per heavy atom. The summed E-state index contributed by atoms with van der Waals surface area (Å²) in [4.78, 5) is 20.0. The van der Waals surface area contributed by atoms with Crippen LogP contribution in [0.15, 0.2) is 4.99 Å². The van der Waals surface area contributed by atoms with Gasteiger partial charge in [-0.05, 0) is 32.6 Å². The molecule has 1 aliphatic rings. The predicted molar refractivity (Wildman–Crippen MR) is 94.7 cm³/mol. The summed E-state index contributed by atoms with van der Waals surface area (Å²) in [5, 5.41) is 3.44. The average molecular weight is 396 g/mol. The van der Waals surface area contributed by atoms with Crippen molar-refractivity contribution in [2.45, 2.75) is 45.6 Å². The van der Waals surface area contributed by atoms with Crippen molar-refractivity contribution in [1.29, 1.82) is 0 Å². The van der Waals surface area contributed by atoms with Gasteiger partial charge in [-0.15, -0.1) is 24.0 Å². The lowest BCUT2D eigenvalue weighted by Crippen LogP contribution is -2.47. The molecule has 1 rings (SSSR count). The van der Waals surface area contributed by atoms with Crippen LogP contribution in [0.2, 0.25) is 0 Å². The predicted octanol–water partition coefficient (Wildman–Crippen LogP) is 1.92. The first-order valence-corrected chi connectivity index (χ1v) is 7.30. The molecule has 1 amide bonds. The van der Waals surface area contributed by atoms with Gasteiger partial charge in [0.2, 0.25) is 5.91 Å². The highest BCUT2D eigenvalue weighted by atomic mass is 127. The maximum atomic E-state index is 11.7. The highest BCUT2D eigenvalue weighted by molar-refractivity contribution is 14.0. The summed E-state index contributed by atoms with van der Waals surface area (Å²) in [5.41, 5.74) is 0. The Labute approximate surface area is 140 Å². The van der Waals surface area contributed by atoms with E-state index in [-0.39, 0.29) is 36.4 Å². The number of likely N-dealkylation sites (N-methyl/N-ethyl adjacent to an activating group) is 1. The van der Waals surface area contributed by atoms with Crippen molar-refractivity contribution in [1.82, 2.24) is 15.1 Å². The second-order valence-corrected chi connectivity index (χ2v) is 5.43. The van der Waals surface area contributed by atoms with Crippen molar-refractivity contribution < 1.29 is 4.79 Å². The van der Waals surface area contributed by atoms with Gasteiger partial charge in [-0.1, -0.05) is 6.92 Å². The fourth-order valence-corrected chi connectivity index (χ4v) is 1.95. The lowest BCUT2D eigenvalue weighted by atomic mass is 10.1. The number of piperidine rings is 1. The van der Waals surface area contributed by atoms with E-state index >= 15 is 0 Å². The number of carbonyl (C=O) groups is 1. The van der Waals surface area contributed by atoms with E-state index in [1.165, 1.54) is 19.3 Å². The molecule has 1 heterocycles. The molecule has 1 N–H and O–H groups in total. The van der Waals surface area contributed by atoms with Crippen molar-refractivity contribution >= 4 is 35.8 Å². The van der Waals surface area contributed by atoms with E-state index in [2.05, 4.69) is 29.1 Å². The average Bonchev–Trinajstić information content (AvgIpc) is 2.43. The van der Waals surface area contributed by atoms with Crippen LogP contribution in [-0.2, 0) is 4.79 Å². The maximum Gasteiger partial charge on any atom is 0.243 e. The summed E-state index contributed by atoms with van der Waals surface area (Å²) in [7, 11) is 3.53. The fourth-order valence-electron chi connectivity index (χ4n) is 1.95. The summed E-state index contributed by atoms with van der Waals surface area (Å²) in [6, 6.07) is 0.384. The monoisotopic (exact) mass is 396 g/mol. The van der Waals surface area contributed by atoms with E-state index in [9.17, 15) is 4.79 Å². The maximum absolute atomic E-state index is 11.7. The number of amides is 1. The number of likely N-dealkylation sites (tertiary alicyclic amines) is 1. The van der Waals surface area contributed by atoms with Gasteiger partial charge in [0.25, 0.3) is 0 Å². The van der Waals surface area contributed by atoms with E-state index in [1.54, 1.807) is 19.0 Å². The zero-order valence-electron chi connectivity index (χ0n) is 13.2. The molecular formula is C14H29IN4O. The van der Waals surface area contributed by atoms with Gasteiger partial charge in [0.1, 0.15) is 6.54 Å². The molecule has 0 spiro atoms. The van der Waals surface area contributed by atoms with Gasteiger partial charge < -0.3 is 15.1 Å². The minimum Gasteiger partial charge on any atom is -0.354 e. The number of halogens is 1. The summed E-state index contributed by atoms with van der Waals surface area (Å²) < 4.78 is 0. The number of rotatable bonds is 4. The van der Waals surface area contributed by atoms with Crippen LogP contribution in [-0.4, -0.2) is 61.4 Å². The van der Waals surface area contributed by atoms with Crippen LogP contribution < -0.4 is 5.32 Å². The Balaban J connectivity index is 0.00000361. The molecule has 0 aromatic rings. The SMILES string of the molecule is CCC(C)NC(=NCC(=O)N(C)C)N1CCCCC1.I. The highest BCUT2D eigenvalue weighted by Crippen LogP contribution is 2.09. The molecule has 1 unspecified atom stereocenters. The third kappa shape index (κ3) is 6.76. The van der Waals surface area contributed by atoms with Crippen molar-refractivity contribution in [2.75, 3.05) is 33.7 Å². The standard InChI is InChI=1S/C14H28N4O.HI/c1-5-12(2)16-14(15-11-13(19)17(3)4)18-9-7-6-8-10-18;/h12H,5-11H2,1-4H3,(H,15,16);1H. The third-order valence-corrected chi connectivity index (χ3v) is 3.51. The lowest BCUT2D eigenvalue weighted by molar-refractivity contribution is -0.127. The number of hydrogen-bond acceptors (Lipinski definition) is 2. The number of carbonyl (C=O) groups excluding carboxylic acids is 1. The Bertz CT molecular complexity index is 314. The molecule has 1 saturated heterocycles. The zero-order valence-corrected chi connectivity index (χ0v) is 15.5. The Kier molecular flexibility index (Phi) is 9.96. The van der Waals surface area contributed by atoms with Crippen LogP contribution in [0.4, 0.5) is 0 Å². The normalized spacial score (nSPS) is 17.2. The molecule has 0 aliphatic carbocycles. The molecule has 1 aliphatic heterocycles. The molecule has 0 aromatic carbocycles. The molecule has 118 valence electrons. The Morgan fingerprint density at radius 3 is 2.40 bits per heavy atom. The van der Waals surface area contributed by atoms with Crippen molar-refractivity contribution in [2.24, 2.45) is 4.99 Å². The smallest absolute Gasteiger partial charge is 0.243 e. The Hall–Kier alpha value is -0.530. The van der Waals surface area contributed by atoms with Crippen LogP contribution in [0, 0.1) is 0 Å². The van der Waals surface area contributed by atoms with Gasteiger partial charge in [0.15, 0.2) is 5.96 Å². The first-order valence-electron chi connectivity index (χ1n) is 7.30. The van der Waals surface area contributed by atoms with Gasteiger partial charge in [-0.3, -0.25) is 4.79 Å². The first kappa shape index (κ1) is 19.5. The van der Waals surface area contributed by atoms with E-state index in [0.29, 0.717) is 6.04 Å². The van der Waals surface area contributed by atoms with Gasteiger partial charge >= 0.3 is 0 Å². The number of nitrogens with zero attached hydrogens (tertiary/aromatic N) is 3. The van der Waals surface area contributed by atoms with Crippen molar-refractivity contribution in [3.05, 3.63) is 0 Å². The second-order valence-electron chi connectivity index (χ2n) is 5.43. The van der Waals surface area contributed by atoms with E-state index in [4.69, 9.17) is 0 Å². The molecule has 0 bridgehead atoms. The number of nitrogens with one attached hydrogen (secondary N) is 1. The topological polar surface area (TPSA) is 47.9 Å². The Morgan fingerprint density at radius 2 is 1.90 bits per heavy atom. The zero-order chi connectivity index (χ0) is 14.3. The van der Waals surface area contributed by atoms with Gasteiger partial charge in [0, 0.05) is 33.2 Å². The van der Waals surface area contributed by atoms with Crippen LogP contribution in [0.5, 0.6) is 0 Å². The van der Waals surface area contributed by atoms with Crippen molar-refractivity contribution in [3.8, 4) is 0 Å². The van der Waals surface area contributed by atoms with Crippen LogP contribution in [0.25, 0.3) is 0 Å². The van der Waals surface area contributed by atoms with E-state index in [0.717, 1.165) is 25.5 Å². The van der Waals surface area contributed by atoms with Gasteiger partial charge in [0.05, 0.1) is 0 Å². The first-order chi connectivity index (χ1) is 9.04. The van der Waals surface area contributed by atoms with Crippen LogP contribution in [0.1, 0.15) is 39.5 Å². The van der Waals surface area contributed by atoms with Crippen LogP contribution in [0.3, 0.4) is 0 Å². The quantitative estimate of drug-likeness (QED) is 0.449. The van der Waals surface area contributed by atoms with Gasteiger partial charge in [-0.25, -0.2) is 4.99 Å². The molecule has 0 aromatic heterocycles. The molecule has 6 heteroatoms. The molecule has 20 heavy (non-hydrogen) atoms. The van der Waals surface area contributed by atoms with E-state index < -0.39 is 0 Å². The highest BCUT2D eigenvalue weighted by Gasteiger charge is 2.16. The lowest BCUT2D eigenvalue weighted by Gasteiger charge is -2.31. The third-order valence-electron chi connectivity index (χ3n) is 3.51. The second kappa shape index (κ2) is 10.2. The largest absolute Gasteiger partial charge is 0.354 e. The fraction of sp³-hybridized carbons (Fsp3) is 0.857. The summed E-state index contributed by atoms with van der Waals surface area (Å²) in [6.45, 7) is 6.60.